The molecule has 2 aliphatic heterocycles. The van der Waals surface area contributed by atoms with Gasteiger partial charge in [0.05, 0.1) is 0 Å². The highest BCUT2D eigenvalue weighted by atomic mass is 16.5. The lowest BCUT2D eigenvalue weighted by Gasteiger charge is -2.39. The molecule has 2 aromatic rings. The van der Waals surface area contributed by atoms with Gasteiger partial charge in [-0.2, -0.15) is 0 Å². The minimum atomic E-state index is -1.04. The number of hydrogen-bond acceptors (Lipinski definition) is 5. The van der Waals surface area contributed by atoms with Gasteiger partial charge in [0.15, 0.2) is 11.5 Å². The van der Waals surface area contributed by atoms with E-state index in [-0.39, 0.29) is 22.5 Å². The summed E-state index contributed by atoms with van der Waals surface area (Å²) in [5.41, 5.74) is 4.23. The van der Waals surface area contributed by atoms with E-state index >= 15 is 0 Å². The molecule has 0 saturated carbocycles. The summed E-state index contributed by atoms with van der Waals surface area (Å²) in [7, 11) is 0. The Bertz CT molecular complexity index is 1770. The number of hydrogen-bond donors (Lipinski definition) is 2. The molecule has 2 aromatic carbocycles. The zero-order valence-corrected chi connectivity index (χ0v) is 43.0. The number of carboxylic acid groups (broad SMARTS) is 1. The van der Waals surface area contributed by atoms with Gasteiger partial charge in [-0.05, 0) is 145 Å². The van der Waals surface area contributed by atoms with Crippen molar-refractivity contribution in [3.05, 3.63) is 38.9 Å². The van der Waals surface area contributed by atoms with Crippen LogP contribution in [0.2, 0.25) is 0 Å². The van der Waals surface area contributed by atoms with Crippen LogP contribution < -0.4 is 14.2 Å². The number of benzene rings is 2. The second-order valence-electron chi connectivity index (χ2n) is 22.7. The summed E-state index contributed by atoms with van der Waals surface area (Å²) in [5.74, 6) is 5.73. The molecular weight excluding hydrogens is 781 g/mol. The van der Waals surface area contributed by atoms with E-state index < -0.39 is 5.97 Å². The maximum Gasteiger partial charge on any atom is 0.339 e. The first-order chi connectivity index (χ1) is 29.6. The van der Waals surface area contributed by atoms with Crippen molar-refractivity contribution < 1.29 is 29.2 Å². The highest BCUT2D eigenvalue weighted by Crippen LogP contribution is 2.53. The Kier molecular flexibility index (Phi) is 20.1. The standard InChI is InChI=1S/C57H94O6/c1-37(2)21-15-23-39(5)25-17-27-41(7)29-19-33-56(13)35-31-47-49(55(59)60)53(46(12)45(11)51(47)62-56)61-54-48-32-36-57(14,63-52(48)44(10)43(9)50(54)58)34-20-30-42(8)28-18-26-40(6)24-16-22-38(3)4/h37-42,58H,15-36H2,1-14H3,(H,59,60). The second kappa shape index (κ2) is 24.0. The van der Waals surface area contributed by atoms with Gasteiger partial charge in [0.2, 0.25) is 0 Å². The van der Waals surface area contributed by atoms with Crippen molar-refractivity contribution in [1.82, 2.24) is 0 Å². The molecule has 0 aromatic heterocycles. The van der Waals surface area contributed by atoms with Crippen LogP contribution >= 0.6 is 0 Å². The molecule has 0 aliphatic carbocycles. The van der Waals surface area contributed by atoms with E-state index in [1.807, 2.05) is 27.7 Å². The molecule has 2 aliphatic rings. The van der Waals surface area contributed by atoms with E-state index in [2.05, 4.69) is 69.2 Å². The molecular formula is C57H94O6. The summed E-state index contributed by atoms with van der Waals surface area (Å²) in [6.07, 6.45) is 25.3. The normalized spacial score (nSPS) is 20.4. The van der Waals surface area contributed by atoms with Gasteiger partial charge in [0.1, 0.15) is 34.0 Å². The molecule has 6 heteroatoms. The monoisotopic (exact) mass is 875 g/mol. The fourth-order valence-electron chi connectivity index (χ4n) is 10.6. The highest BCUT2D eigenvalue weighted by molar-refractivity contribution is 5.95. The molecule has 358 valence electrons. The van der Waals surface area contributed by atoms with Crippen LogP contribution in [0.1, 0.15) is 241 Å². The Hall–Kier alpha value is -2.89. The van der Waals surface area contributed by atoms with Crippen LogP contribution in [-0.2, 0) is 12.8 Å². The van der Waals surface area contributed by atoms with Gasteiger partial charge in [-0.3, -0.25) is 0 Å². The molecule has 0 bridgehead atoms. The Morgan fingerprint density at radius 1 is 0.540 bits per heavy atom. The smallest absolute Gasteiger partial charge is 0.339 e. The van der Waals surface area contributed by atoms with E-state index in [1.165, 1.54) is 89.9 Å². The zero-order chi connectivity index (χ0) is 46.6. The SMILES string of the molecule is Cc1c(C)c2c(c(Oc3c(C)c(C)c4c(c3C(=O)O)CCC(C)(CCCC(C)CCCC(C)CCCC(C)C)O4)c1O)CCC(C)(CCCC(C)CCCC(C)CCCC(C)C)O2. The predicted octanol–water partition coefficient (Wildman–Crippen LogP) is 17.2. The van der Waals surface area contributed by atoms with Gasteiger partial charge in [-0.15, -0.1) is 0 Å². The van der Waals surface area contributed by atoms with Crippen LogP contribution in [0.5, 0.6) is 28.7 Å². The molecule has 2 N–H and O–H groups in total. The molecule has 0 fully saturated rings. The molecule has 0 saturated heterocycles. The largest absolute Gasteiger partial charge is 0.504 e. The van der Waals surface area contributed by atoms with E-state index in [0.717, 1.165) is 90.2 Å². The molecule has 63 heavy (non-hydrogen) atoms. The summed E-state index contributed by atoms with van der Waals surface area (Å²) in [6, 6.07) is 0. The highest BCUT2D eigenvalue weighted by Gasteiger charge is 2.39. The number of carboxylic acids is 1. The Balaban J connectivity index is 1.40. The van der Waals surface area contributed by atoms with E-state index in [0.29, 0.717) is 53.1 Å². The fraction of sp³-hybridized carbons (Fsp3) is 0.772. The van der Waals surface area contributed by atoms with Gasteiger partial charge in [-0.25, -0.2) is 4.79 Å². The van der Waals surface area contributed by atoms with Crippen molar-refractivity contribution in [2.75, 3.05) is 0 Å². The maximum atomic E-state index is 13.2. The first kappa shape index (κ1) is 52.7. The molecule has 4 rings (SSSR count). The maximum absolute atomic E-state index is 13.2. The number of aromatic carboxylic acids is 1. The van der Waals surface area contributed by atoms with Crippen LogP contribution in [0, 0.1) is 63.2 Å². The summed E-state index contributed by atoms with van der Waals surface area (Å²) < 4.78 is 20.5. The summed E-state index contributed by atoms with van der Waals surface area (Å²) in [4.78, 5) is 13.2. The molecule has 0 spiro atoms. The van der Waals surface area contributed by atoms with Crippen LogP contribution in [-0.4, -0.2) is 27.4 Å². The Morgan fingerprint density at radius 2 is 0.905 bits per heavy atom. The van der Waals surface area contributed by atoms with Crippen molar-refractivity contribution in [1.29, 1.82) is 0 Å². The quantitative estimate of drug-likeness (QED) is 0.0930. The van der Waals surface area contributed by atoms with Crippen LogP contribution in [0.15, 0.2) is 0 Å². The molecule has 6 atom stereocenters. The lowest BCUT2D eigenvalue weighted by molar-refractivity contribution is 0.0492. The number of aromatic hydroxyl groups is 1. The average molecular weight is 875 g/mol. The molecule has 6 unspecified atom stereocenters. The number of fused-ring (bicyclic) bond motifs is 2. The van der Waals surface area contributed by atoms with Gasteiger partial charge in [0.25, 0.3) is 0 Å². The summed E-state index contributed by atoms with van der Waals surface area (Å²) in [6.45, 7) is 31.2. The first-order valence-corrected chi connectivity index (χ1v) is 25.9. The minimum Gasteiger partial charge on any atom is -0.504 e. The summed E-state index contributed by atoms with van der Waals surface area (Å²) in [5, 5.41) is 22.5. The Morgan fingerprint density at radius 3 is 1.32 bits per heavy atom. The van der Waals surface area contributed by atoms with Crippen molar-refractivity contribution in [2.24, 2.45) is 35.5 Å². The van der Waals surface area contributed by atoms with Gasteiger partial charge >= 0.3 is 5.97 Å². The summed E-state index contributed by atoms with van der Waals surface area (Å²) >= 11 is 0. The third kappa shape index (κ3) is 15.1. The zero-order valence-electron chi connectivity index (χ0n) is 43.0. The van der Waals surface area contributed by atoms with Gasteiger partial charge < -0.3 is 24.4 Å². The van der Waals surface area contributed by atoms with Gasteiger partial charge in [0, 0.05) is 16.7 Å². The predicted molar refractivity (Wildman–Crippen MR) is 265 cm³/mol. The Labute approximate surface area is 386 Å². The molecule has 2 heterocycles. The van der Waals surface area contributed by atoms with Crippen molar-refractivity contribution in [3.63, 3.8) is 0 Å². The lowest BCUT2D eigenvalue weighted by Crippen LogP contribution is -2.37. The van der Waals surface area contributed by atoms with E-state index in [9.17, 15) is 15.0 Å². The van der Waals surface area contributed by atoms with Crippen LogP contribution in [0.25, 0.3) is 0 Å². The fourth-order valence-corrected chi connectivity index (χ4v) is 10.6. The van der Waals surface area contributed by atoms with E-state index in [1.54, 1.807) is 0 Å². The van der Waals surface area contributed by atoms with Crippen LogP contribution in [0.4, 0.5) is 0 Å². The third-order valence-electron chi connectivity index (χ3n) is 15.5. The number of phenols is 1. The van der Waals surface area contributed by atoms with Crippen molar-refractivity contribution in [2.45, 2.75) is 249 Å². The van der Waals surface area contributed by atoms with E-state index in [4.69, 9.17) is 14.2 Å². The number of rotatable bonds is 27. The first-order valence-electron chi connectivity index (χ1n) is 25.9. The third-order valence-corrected chi connectivity index (χ3v) is 15.5. The topological polar surface area (TPSA) is 85.2 Å². The average Bonchev–Trinajstić information content (AvgIpc) is 3.20. The lowest BCUT2D eigenvalue weighted by atomic mass is 9.83. The molecule has 0 radical (unpaired) electrons. The van der Waals surface area contributed by atoms with Gasteiger partial charge in [-0.1, -0.05) is 145 Å². The number of carbonyl (C=O) groups is 1. The molecule has 0 amide bonds. The second-order valence-corrected chi connectivity index (χ2v) is 22.7. The number of ether oxygens (including phenoxy) is 3. The molecule has 6 nitrogen and oxygen atoms in total. The van der Waals surface area contributed by atoms with Crippen LogP contribution in [0.3, 0.4) is 0 Å². The van der Waals surface area contributed by atoms with Crippen molar-refractivity contribution >= 4 is 5.97 Å². The van der Waals surface area contributed by atoms with Crippen molar-refractivity contribution in [3.8, 4) is 28.7 Å². The minimum absolute atomic E-state index is 0.0573. The number of phenolic OH excluding ortho intramolecular Hbond substituents is 1.